The minimum atomic E-state index is -0.106. The Labute approximate surface area is 152 Å². The van der Waals surface area contributed by atoms with Crippen LogP contribution in [0, 0.1) is 0 Å². The third kappa shape index (κ3) is 3.49. The van der Waals surface area contributed by atoms with Gasteiger partial charge in [-0.2, -0.15) is 0 Å². The summed E-state index contributed by atoms with van der Waals surface area (Å²) in [7, 11) is 1.62. The molecule has 0 aliphatic carbocycles. The lowest BCUT2D eigenvalue weighted by atomic mass is 10.2. The standard InChI is InChI=1S/C17H12BrNO2S2/c1-21-14-4-2-3-11(9-14)10-15-16(20)19(17(22)23-15)13-7-5-12(18)6-8-13/h2-10H,1H3/b15-10+. The number of nitrogens with zero attached hydrogens (tertiary/aromatic N) is 1. The second kappa shape index (κ2) is 6.86. The fraction of sp³-hybridized carbons (Fsp3) is 0.0588. The summed E-state index contributed by atoms with van der Waals surface area (Å²) in [5, 5.41) is 0. The number of rotatable bonds is 3. The van der Waals surface area contributed by atoms with Gasteiger partial charge in [0, 0.05) is 4.47 Å². The van der Waals surface area contributed by atoms with Crippen molar-refractivity contribution in [2.24, 2.45) is 0 Å². The number of hydrogen-bond donors (Lipinski definition) is 0. The van der Waals surface area contributed by atoms with Crippen LogP contribution in [0.15, 0.2) is 57.9 Å². The van der Waals surface area contributed by atoms with Crippen molar-refractivity contribution in [3.8, 4) is 5.75 Å². The van der Waals surface area contributed by atoms with E-state index in [4.69, 9.17) is 17.0 Å². The van der Waals surface area contributed by atoms with E-state index < -0.39 is 0 Å². The molecule has 6 heteroatoms. The van der Waals surface area contributed by atoms with E-state index in [0.29, 0.717) is 9.23 Å². The Kier molecular flexibility index (Phi) is 4.84. The van der Waals surface area contributed by atoms with Gasteiger partial charge < -0.3 is 4.74 Å². The van der Waals surface area contributed by atoms with Crippen LogP contribution in [-0.2, 0) is 4.79 Å². The van der Waals surface area contributed by atoms with Crippen LogP contribution < -0.4 is 9.64 Å². The van der Waals surface area contributed by atoms with Crippen molar-refractivity contribution >= 4 is 61.9 Å². The Morgan fingerprint density at radius 1 is 1.22 bits per heavy atom. The maximum absolute atomic E-state index is 12.7. The molecule has 1 aliphatic rings. The van der Waals surface area contributed by atoms with Gasteiger partial charge in [-0.15, -0.1) is 0 Å². The SMILES string of the molecule is COc1cccc(/C=C2/SC(=S)N(c3ccc(Br)cc3)C2=O)c1. The summed E-state index contributed by atoms with van der Waals surface area (Å²) >= 11 is 10.1. The van der Waals surface area contributed by atoms with Gasteiger partial charge in [-0.3, -0.25) is 9.69 Å². The van der Waals surface area contributed by atoms with Gasteiger partial charge in [-0.1, -0.05) is 52.0 Å². The van der Waals surface area contributed by atoms with Gasteiger partial charge in [0.1, 0.15) is 5.75 Å². The van der Waals surface area contributed by atoms with Crippen molar-refractivity contribution in [2.75, 3.05) is 12.0 Å². The molecule has 0 aromatic heterocycles. The van der Waals surface area contributed by atoms with Gasteiger partial charge >= 0.3 is 0 Å². The first-order valence-electron chi connectivity index (χ1n) is 6.76. The fourth-order valence-electron chi connectivity index (χ4n) is 2.16. The Bertz CT molecular complexity index is 802. The van der Waals surface area contributed by atoms with Gasteiger partial charge in [0.25, 0.3) is 5.91 Å². The van der Waals surface area contributed by atoms with E-state index in [1.54, 1.807) is 12.0 Å². The van der Waals surface area contributed by atoms with Gasteiger partial charge in [0.15, 0.2) is 4.32 Å². The smallest absolute Gasteiger partial charge is 0.270 e. The van der Waals surface area contributed by atoms with Crippen molar-refractivity contribution in [1.82, 2.24) is 0 Å². The minimum absolute atomic E-state index is 0.106. The lowest BCUT2D eigenvalue weighted by Crippen LogP contribution is -2.27. The van der Waals surface area contributed by atoms with Crippen LogP contribution in [-0.4, -0.2) is 17.3 Å². The zero-order chi connectivity index (χ0) is 16.4. The third-order valence-corrected chi connectivity index (χ3v) is 5.10. The molecule has 3 nitrogen and oxygen atoms in total. The summed E-state index contributed by atoms with van der Waals surface area (Å²) in [6.45, 7) is 0. The first-order valence-corrected chi connectivity index (χ1v) is 8.78. The lowest BCUT2D eigenvalue weighted by molar-refractivity contribution is -0.113. The molecule has 0 atom stereocenters. The van der Waals surface area contributed by atoms with Gasteiger partial charge in [0.05, 0.1) is 17.7 Å². The van der Waals surface area contributed by atoms with Crippen LogP contribution in [0.4, 0.5) is 5.69 Å². The van der Waals surface area contributed by atoms with Crippen LogP contribution in [0.2, 0.25) is 0 Å². The molecule has 0 bridgehead atoms. The van der Waals surface area contributed by atoms with E-state index in [9.17, 15) is 4.79 Å². The Hall–Kier alpha value is -1.63. The number of anilines is 1. The number of methoxy groups -OCH3 is 1. The largest absolute Gasteiger partial charge is 0.497 e. The average molecular weight is 406 g/mol. The highest BCUT2D eigenvalue weighted by Gasteiger charge is 2.33. The molecular formula is C17H12BrNO2S2. The molecule has 23 heavy (non-hydrogen) atoms. The highest BCUT2D eigenvalue weighted by Crippen LogP contribution is 2.36. The third-order valence-electron chi connectivity index (χ3n) is 3.27. The second-order valence-electron chi connectivity index (χ2n) is 4.77. The first-order chi connectivity index (χ1) is 11.1. The number of thiocarbonyl (C=S) groups is 1. The summed E-state index contributed by atoms with van der Waals surface area (Å²) in [5.74, 6) is 0.646. The van der Waals surface area contributed by atoms with Crippen molar-refractivity contribution in [3.63, 3.8) is 0 Å². The quantitative estimate of drug-likeness (QED) is 0.538. The average Bonchev–Trinajstić information content (AvgIpc) is 2.83. The van der Waals surface area contributed by atoms with Crippen LogP contribution in [0.1, 0.15) is 5.56 Å². The Morgan fingerprint density at radius 2 is 1.96 bits per heavy atom. The molecule has 0 radical (unpaired) electrons. The van der Waals surface area contributed by atoms with E-state index >= 15 is 0 Å². The minimum Gasteiger partial charge on any atom is -0.497 e. The molecule has 116 valence electrons. The number of carbonyl (C=O) groups excluding carboxylic acids is 1. The van der Waals surface area contributed by atoms with E-state index in [2.05, 4.69) is 15.9 Å². The molecule has 0 spiro atoms. The molecule has 2 aromatic rings. The zero-order valence-corrected chi connectivity index (χ0v) is 15.4. The normalized spacial score (nSPS) is 16.3. The molecule has 1 heterocycles. The van der Waals surface area contributed by atoms with Crippen molar-refractivity contribution in [2.45, 2.75) is 0 Å². The monoisotopic (exact) mass is 405 g/mol. The number of halogens is 1. The molecule has 0 N–H and O–H groups in total. The summed E-state index contributed by atoms with van der Waals surface area (Å²) in [6.07, 6.45) is 1.83. The zero-order valence-electron chi connectivity index (χ0n) is 12.2. The number of benzene rings is 2. The number of ether oxygens (including phenoxy) is 1. The topological polar surface area (TPSA) is 29.5 Å². The maximum Gasteiger partial charge on any atom is 0.270 e. The van der Waals surface area contributed by atoms with Crippen molar-refractivity contribution in [3.05, 3.63) is 63.5 Å². The Balaban J connectivity index is 1.91. The number of thioether (sulfide) groups is 1. The molecule has 1 saturated heterocycles. The van der Waals surface area contributed by atoms with Crippen molar-refractivity contribution < 1.29 is 9.53 Å². The summed E-state index contributed by atoms with van der Waals surface area (Å²) < 4.78 is 6.70. The predicted octanol–water partition coefficient (Wildman–Crippen LogP) is 4.86. The molecular weight excluding hydrogens is 394 g/mol. The first kappa shape index (κ1) is 16.2. The highest BCUT2D eigenvalue weighted by atomic mass is 79.9. The summed E-state index contributed by atoms with van der Waals surface area (Å²) in [4.78, 5) is 14.8. The predicted molar refractivity (Wildman–Crippen MR) is 103 cm³/mol. The summed E-state index contributed by atoms with van der Waals surface area (Å²) in [6, 6.07) is 15.1. The summed E-state index contributed by atoms with van der Waals surface area (Å²) in [5.41, 5.74) is 1.67. The fourth-order valence-corrected chi connectivity index (χ4v) is 3.73. The van der Waals surface area contributed by atoms with Crippen LogP contribution in [0.25, 0.3) is 6.08 Å². The van der Waals surface area contributed by atoms with Crippen LogP contribution in [0.5, 0.6) is 5.75 Å². The van der Waals surface area contributed by atoms with E-state index in [1.165, 1.54) is 11.8 Å². The molecule has 1 aliphatic heterocycles. The molecule has 1 fully saturated rings. The molecule has 2 aromatic carbocycles. The highest BCUT2D eigenvalue weighted by molar-refractivity contribution is 9.10. The van der Waals surface area contributed by atoms with Crippen LogP contribution in [0.3, 0.4) is 0 Å². The number of amides is 1. The maximum atomic E-state index is 12.7. The van der Waals surface area contributed by atoms with Crippen LogP contribution >= 0.6 is 39.9 Å². The van der Waals surface area contributed by atoms with E-state index in [-0.39, 0.29) is 5.91 Å². The molecule has 3 rings (SSSR count). The number of hydrogen-bond acceptors (Lipinski definition) is 4. The lowest BCUT2D eigenvalue weighted by Gasteiger charge is -2.14. The molecule has 0 unspecified atom stereocenters. The molecule has 1 amide bonds. The van der Waals surface area contributed by atoms with Gasteiger partial charge in [-0.25, -0.2) is 0 Å². The van der Waals surface area contributed by atoms with E-state index in [0.717, 1.165) is 21.5 Å². The van der Waals surface area contributed by atoms with Gasteiger partial charge in [0.2, 0.25) is 0 Å². The second-order valence-corrected chi connectivity index (χ2v) is 7.36. The van der Waals surface area contributed by atoms with Crippen molar-refractivity contribution in [1.29, 1.82) is 0 Å². The molecule has 0 saturated carbocycles. The van der Waals surface area contributed by atoms with E-state index in [1.807, 2.05) is 54.6 Å². The Morgan fingerprint density at radius 3 is 2.65 bits per heavy atom. The van der Waals surface area contributed by atoms with Gasteiger partial charge in [-0.05, 0) is 48.0 Å². The number of carbonyl (C=O) groups is 1.